The first kappa shape index (κ1) is 25.1. The van der Waals surface area contributed by atoms with E-state index in [1.165, 1.54) is 12.0 Å². The van der Waals surface area contributed by atoms with Crippen LogP contribution in [0.2, 0.25) is 0 Å². The predicted octanol–water partition coefficient (Wildman–Crippen LogP) is 3.92. The van der Waals surface area contributed by atoms with Crippen LogP contribution in [0.5, 0.6) is 0 Å². The number of rotatable bonds is 11. The second-order valence-electron chi connectivity index (χ2n) is 9.48. The van der Waals surface area contributed by atoms with Crippen LogP contribution in [-0.2, 0) is 32.3 Å². The van der Waals surface area contributed by atoms with Gasteiger partial charge in [0.05, 0.1) is 30.0 Å². The van der Waals surface area contributed by atoms with E-state index in [2.05, 4.69) is 21.8 Å². The van der Waals surface area contributed by atoms with E-state index in [0.717, 1.165) is 43.9 Å². The van der Waals surface area contributed by atoms with E-state index in [4.69, 9.17) is 9.47 Å². The third-order valence-corrected chi connectivity index (χ3v) is 9.10. The molecule has 3 atom stereocenters. The fourth-order valence-corrected chi connectivity index (χ4v) is 5.93. The molecule has 1 saturated heterocycles. The molecule has 4 rings (SSSR count). The van der Waals surface area contributed by atoms with E-state index in [9.17, 15) is 8.42 Å². The Hall–Kier alpha value is -2.03. The highest BCUT2D eigenvalue weighted by molar-refractivity contribution is 7.91. The molecule has 0 radical (unpaired) electrons. The average Bonchev–Trinajstić information content (AvgIpc) is 3.68. The molecule has 2 fully saturated rings. The first-order valence-corrected chi connectivity index (χ1v) is 14.1. The van der Waals surface area contributed by atoms with Gasteiger partial charge in [-0.3, -0.25) is 0 Å². The fourth-order valence-electron chi connectivity index (χ4n) is 5.05. The molecule has 1 saturated carbocycles. The molecular formula is C26H37N3O4S. The number of aryl methyl sites for hydroxylation is 1. The Bertz CT molecular complexity index is 1020. The number of sulfone groups is 1. The van der Waals surface area contributed by atoms with Crippen LogP contribution in [0, 0.1) is 17.8 Å². The summed E-state index contributed by atoms with van der Waals surface area (Å²) < 4.78 is 35.8. The highest BCUT2D eigenvalue weighted by Gasteiger charge is 2.48. The summed E-state index contributed by atoms with van der Waals surface area (Å²) in [6.45, 7) is 6.83. The minimum absolute atomic E-state index is 0.0667. The summed E-state index contributed by atoms with van der Waals surface area (Å²) >= 11 is 0. The summed E-state index contributed by atoms with van der Waals surface area (Å²) in [5, 5.41) is 0. The molecule has 0 N–H and O–H groups in total. The number of ether oxygens (including phenoxy) is 2. The summed E-state index contributed by atoms with van der Waals surface area (Å²) in [6, 6.07) is 7.05. The quantitative estimate of drug-likeness (QED) is 0.475. The third-order valence-electron chi connectivity index (χ3n) is 7.35. The highest BCUT2D eigenvalue weighted by atomic mass is 32.2. The van der Waals surface area contributed by atoms with Crippen molar-refractivity contribution in [2.24, 2.45) is 17.8 Å². The zero-order valence-corrected chi connectivity index (χ0v) is 21.3. The van der Waals surface area contributed by atoms with Crippen LogP contribution in [0.3, 0.4) is 0 Å². The summed E-state index contributed by atoms with van der Waals surface area (Å²) in [5.74, 6) is 2.87. The zero-order chi connectivity index (χ0) is 24.1. The topological polar surface area (TPSA) is 81.6 Å². The van der Waals surface area contributed by atoms with E-state index >= 15 is 0 Å². The van der Waals surface area contributed by atoms with Crippen molar-refractivity contribution >= 4 is 15.8 Å². The summed E-state index contributed by atoms with van der Waals surface area (Å²) in [4.78, 5) is 11.8. The minimum atomic E-state index is -3.18. The lowest BCUT2D eigenvalue weighted by Crippen LogP contribution is -2.36. The number of anilines is 1. The van der Waals surface area contributed by atoms with E-state index in [0.29, 0.717) is 35.9 Å². The average molecular weight is 488 g/mol. The Kier molecular flexibility index (Phi) is 8.22. The molecule has 2 aromatic rings. The first-order chi connectivity index (χ1) is 16.4. The van der Waals surface area contributed by atoms with Gasteiger partial charge in [0.25, 0.3) is 0 Å². The van der Waals surface area contributed by atoms with Crippen molar-refractivity contribution in [3.05, 3.63) is 47.8 Å². The van der Waals surface area contributed by atoms with Crippen molar-refractivity contribution in [1.29, 1.82) is 0 Å². The van der Waals surface area contributed by atoms with Crippen LogP contribution in [0.4, 0.5) is 5.95 Å². The van der Waals surface area contributed by atoms with Crippen LogP contribution in [-0.4, -0.2) is 57.0 Å². The number of benzene rings is 1. The van der Waals surface area contributed by atoms with Gasteiger partial charge in [0.1, 0.15) is 0 Å². The molecule has 1 aliphatic carbocycles. The first-order valence-electron chi connectivity index (χ1n) is 12.4. The Morgan fingerprint density at radius 1 is 1.06 bits per heavy atom. The molecule has 1 aromatic heterocycles. The molecule has 0 amide bonds. The van der Waals surface area contributed by atoms with Crippen molar-refractivity contribution in [2.45, 2.75) is 57.1 Å². The second kappa shape index (κ2) is 11.1. The number of hydrogen-bond acceptors (Lipinski definition) is 7. The predicted molar refractivity (Wildman–Crippen MR) is 133 cm³/mol. The van der Waals surface area contributed by atoms with Gasteiger partial charge in [-0.25, -0.2) is 18.4 Å². The minimum Gasteiger partial charge on any atom is -0.382 e. The Balaban J connectivity index is 1.27. The zero-order valence-electron chi connectivity index (χ0n) is 20.5. The van der Waals surface area contributed by atoms with E-state index in [1.54, 1.807) is 26.2 Å². The molecule has 2 aliphatic rings. The van der Waals surface area contributed by atoms with Crippen molar-refractivity contribution in [3.8, 4) is 0 Å². The van der Waals surface area contributed by atoms with Crippen LogP contribution < -0.4 is 4.90 Å². The van der Waals surface area contributed by atoms with E-state index in [-0.39, 0.29) is 11.9 Å². The lowest BCUT2D eigenvalue weighted by atomic mass is 9.90. The second-order valence-corrected chi connectivity index (χ2v) is 11.8. The van der Waals surface area contributed by atoms with E-state index < -0.39 is 9.84 Å². The van der Waals surface area contributed by atoms with Crippen LogP contribution in [0.15, 0.2) is 41.6 Å². The number of methoxy groups -OCH3 is 1. The van der Waals surface area contributed by atoms with Gasteiger partial charge >= 0.3 is 0 Å². The standard InChI is InChI=1S/C26H37N3O4S/c1-4-19-15-27-26(28-16-19)29-12-10-21(11-13-29)23-14-24(23)25(18-32-3)33-17-20-6-8-22(9-7-20)34(30,31)5-2/h6-9,15-16,21,23-25H,4-5,10-14,17-18H2,1-3H3/t23?,24-,25-/m1/s1. The molecule has 1 aromatic carbocycles. The lowest BCUT2D eigenvalue weighted by molar-refractivity contribution is -0.0280. The molecule has 2 heterocycles. The monoisotopic (exact) mass is 487 g/mol. The van der Waals surface area contributed by atoms with Gasteiger partial charge < -0.3 is 14.4 Å². The SMILES string of the molecule is CCc1cnc(N2CCC(C3C[C@H]3[C@@H](COC)OCc3ccc(S(=O)(=O)CC)cc3)CC2)nc1. The molecule has 186 valence electrons. The summed E-state index contributed by atoms with van der Waals surface area (Å²) in [6.07, 6.45) is 8.41. The normalized spacial score (nSPS) is 22.0. The smallest absolute Gasteiger partial charge is 0.225 e. The molecule has 8 heteroatoms. The van der Waals surface area contributed by atoms with E-state index in [1.807, 2.05) is 24.5 Å². The maximum atomic E-state index is 12.0. The molecule has 1 aliphatic heterocycles. The number of hydrogen-bond donors (Lipinski definition) is 0. The van der Waals surface area contributed by atoms with Gasteiger partial charge in [-0.1, -0.05) is 26.0 Å². The Morgan fingerprint density at radius 2 is 1.74 bits per heavy atom. The van der Waals surface area contributed by atoms with Crippen molar-refractivity contribution < 1.29 is 17.9 Å². The molecule has 0 spiro atoms. The van der Waals surface area contributed by atoms with Crippen LogP contribution in [0.25, 0.3) is 0 Å². The largest absolute Gasteiger partial charge is 0.382 e. The van der Waals surface area contributed by atoms with Crippen LogP contribution >= 0.6 is 0 Å². The van der Waals surface area contributed by atoms with Gasteiger partial charge in [0.15, 0.2) is 9.84 Å². The lowest BCUT2D eigenvalue weighted by Gasteiger charge is -2.32. The fraction of sp³-hybridized carbons (Fsp3) is 0.615. The van der Waals surface area contributed by atoms with Crippen LogP contribution in [0.1, 0.15) is 44.2 Å². The molecular weight excluding hydrogens is 450 g/mol. The maximum absolute atomic E-state index is 12.0. The molecule has 34 heavy (non-hydrogen) atoms. The van der Waals surface area contributed by atoms with Crippen molar-refractivity contribution in [1.82, 2.24) is 9.97 Å². The Labute approximate surface area is 203 Å². The molecule has 0 bridgehead atoms. The Morgan fingerprint density at radius 3 is 2.32 bits per heavy atom. The molecule has 1 unspecified atom stereocenters. The van der Waals surface area contributed by atoms with Crippen molar-refractivity contribution in [2.75, 3.05) is 37.5 Å². The highest BCUT2D eigenvalue weighted by Crippen LogP contribution is 2.50. The number of nitrogens with zero attached hydrogens (tertiary/aromatic N) is 3. The molecule has 7 nitrogen and oxygen atoms in total. The van der Waals surface area contributed by atoms with Gasteiger partial charge in [-0.05, 0) is 66.7 Å². The van der Waals surface area contributed by atoms with Gasteiger partial charge in [0, 0.05) is 32.6 Å². The number of piperidine rings is 1. The van der Waals surface area contributed by atoms with Gasteiger partial charge in [0.2, 0.25) is 5.95 Å². The maximum Gasteiger partial charge on any atom is 0.225 e. The third kappa shape index (κ3) is 5.96. The van der Waals surface area contributed by atoms with Crippen molar-refractivity contribution in [3.63, 3.8) is 0 Å². The summed E-state index contributed by atoms with van der Waals surface area (Å²) in [7, 11) is -1.45. The summed E-state index contributed by atoms with van der Waals surface area (Å²) in [5.41, 5.74) is 2.15. The van der Waals surface area contributed by atoms with Gasteiger partial charge in [-0.2, -0.15) is 0 Å². The van der Waals surface area contributed by atoms with Gasteiger partial charge in [-0.15, -0.1) is 0 Å². The number of aromatic nitrogens is 2.